The Morgan fingerprint density at radius 2 is 1.90 bits per heavy atom. The molecule has 1 rings (SSSR count). The van der Waals surface area contributed by atoms with Crippen molar-refractivity contribution in [3.8, 4) is 0 Å². The molecule has 0 aromatic heterocycles. The largest absolute Gasteiger partial charge is 0.381 e. The van der Waals surface area contributed by atoms with Gasteiger partial charge in [0.2, 0.25) is 0 Å². The van der Waals surface area contributed by atoms with E-state index in [1.54, 1.807) is 0 Å². The first kappa shape index (κ1) is 18.2. The zero-order valence-corrected chi connectivity index (χ0v) is 14.5. The number of hydrogen-bond donors (Lipinski definition) is 2. The zero-order valence-electron chi connectivity index (χ0n) is 14.5. The molecule has 1 aliphatic rings. The van der Waals surface area contributed by atoms with Crippen LogP contribution in [-0.4, -0.2) is 63.3 Å². The summed E-state index contributed by atoms with van der Waals surface area (Å²) in [6.45, 7) is 11.3. The minimum atomic E-state index is 0.167. The molecule has 1 aliphatic heterocycles. The van der Waals surface area contributed by atoms with Crippen LogP contribution in [0.15, 0.2) is 4.99 Å². The Balaban J connectivity index is 2.21. The first-order valence-electron chi connectivity index (χ1n) is 8.17. The van der Waals surface area contributed by atoms with Gasteiger partial charge in [0.1, 0.15) is 0 Å². The summed E-state index contributed by atoms with van der Waals surface area (Å²) >= 11 is 0. The predicted molar refractivity (Wildman–Crippen MR) is 89.9 cm³/mol. The molecule has 124 valence electrons. The van der Waals surface area contributed by atoms with Crippen molar-refractivity contribution >= 4 is 5.96 Å². The summed E-state index contributed by atoms with van der Waals surface area (Å²) in [5, 5.41) is 6.89. The molecule has 0 aromatic carbocycles. The molecular formula is C16H34N4O. The molecule has 0 atom stereocenters. The summed E-state index contributed by atoms with van der Waals surface area (Å²) in [5.74, 6) is 1.79. The molecule has 0 bridgehead atoms. The van der Waals surface area contributed by atoms with Crippen molar-refractivity contribution in [1.29, 1.82) is 0 Å². The zero-order chi connectivity index (χ0) is 15.7. The number of ether oxygens (including phenoxy) is 1. The quantitative estimate of drug-likeness (QED) is 0.445. The van der Waals surface area contributed by atoms with Gasteiger partial charge < -0.3 is 20.3 Å². The molecule has 5 nitrogen and oxygen atoms in total. The second-order valence-corrected chi connectivity index (χ2v) is 6.92. The van der Waals surface area contributed by atoms with Gasteiger partial charge in [-0.2, -0.15) is 0 Å². The van der Waals surface area contributed by atoms with E-state index in [0.717, 1.165) is 44.7 Å². The topological polar surface area (TPSA) is 48.9 Å². The second kappa shape index (κ2) is 9.26. The van der Waals surface area contributed by atoms with Crippen LogP contribution >= 0.6 is 0 Å². The molecule has 0 spiro atoms. The lowest BCUT2D eigenvalue weighted by atomic mass is 9.96. The van der Waals surface area contributed by atoms with Gasteiger partial charge in [0.15, 0.2) is 5.96 Å². The van der Waals surface area contributed by atoms with Gasteiger partial charge in [0.05, 0.1) is 0 Å². The lowest BCUT2D eigenvalue weighted by molar-refractivity contribution is 0.0625. The third-order valence-corrected chi connectivity index (χ3v) is 3.85. The van der Waals surface area contributed by atoms with E-state index in [1.807, 2.05) is 7.05 Å². The highest BCUT2D eigenvalue weighted by Crippen LogP contribution is 2.18. The molecule has 0 radical (unpaired) electrons. The van der Waals surface area contributed by atoms with Crippen LogP contribution in [0.3, 0.4) is 0 Å². The van der Waals surface area contributed by atoms with Crippen molar-refractivity contribution in [2.75, 3.05) is 46.9 Å². The van der Waals surface area contributed by atoms with E-state index < -0.39 is 0 Å². The Labute approximate surface area is 130 Å². The molecule has 5 heteroatoms. The van der Waals surface area contributed by atoms with Crippen LogP contribution in [0.1, 0.15) is 40.0 Å². The van der Waals surface area contributed by atoms with Gasteiger partial charge in [-0.3, -0.25) is 4.99 Å². The van der Waals surface area contributed by atoms with Crippen molar-refractivity contribution < 1.29 is 4.74 Å². The average Bonchev–Trinajstić information content (AvgIpc) is 2.45. The molecular weight excluding hydrogens is 264 g/mol. The highest BCUT2D eigenvalue weighted by atomic mass is 16.5. The molecule has 2 N–H and O–H groups in total. The average molecular weight is 298 g/mol. The van der Waals surface area contributed by atoms with Gasteiger partial charge in [-0.1, -0.05) is 0 Å². The van der Waals surface area contributed by atoms with Crippen molar-refractivity contribution in [3.05, 3.63) is 0 Å². The SMILES string of the molecule is CN=C(NCCNC(C)(C)C)N(C)CCC1CCOCC1. The molecule has 21 heavy (non-hydrogen) atoms. The fourth-order valence-electron chi connectivity index (χ4n) is 2.51. The molecule has 0 aromatic rings. The van der Waals surface area contributed by atoms with Crippen LogP contribution in [0, 0.1) is 5.92 Å². The summed E-state index contributed by atoms with van der Waals surface area (Å²) in [5.41, 5.74) is 0.167. The molecule has 1 fully saturated rings. The van der Waals surface area contributed by atoms with Crippen molar-refractivity contribution in [2.24, 2.45) is 10.9 Å². The molecule has 0 aliphatic carbocycles. The van der Waals surface area contributed by atoms with Gasteiger partial charge in [-0.05, 0) is 46.0 Å². The van der Waals surface area contributed by atoms with Gasteiger partial charge in [-0.15, -0.1) is 0 Å². The summed E-state index contributed by atoms with van der Waals surface area (Å²) in [7, 11) is 3.97. The fraction of sp³-hybridized carbons (Fsp3) is 0.938. The van der Waals surface area contributed by atoms with E-state index in [9.17, 15) is 0 Å². The number of nitrogens with zero attached hydrogens (tertiary/aromatic N) is 2. The molecule has 0 unspecified atom stereocenters. The normalized spacial score (nSPS) is 17.9. The summed E-state index contributed by atoms with van der Waals surface area (Å²) in [6.07, 6.45) is 3.63. The van der Waals surface area contributed by atoms with Crippen LogP contribution in [0.4, 0.5) is 0 Å². The lowest BCUT2D eigenvalue weighted by Gasteiger charge is -2.27. The maximum absolute atomic E-state index is 5.41. The van der Waals surface area contributed by atoms with Gasteiger partial charge in [-0.25, -0.2) is 0 Å². The lowest BCUT2D eigenvalue weighted by Crippen LogP contribution is -2.45. The molecule has 1 heterocycles. The van der Waals surface area contributed by atoms with Crippen molar-refractivity contribution in [3.63, 3.8) is 0 Å². The molecule has 0 amide bonds. The summed E-state index contributed by atoms with van der Waals surface area (Å²) < 4.78 is 5.41. The third-order valence-electron chi connectivity index (χ3n) is 3.85. The smallest absolute Gasteiger partial charge is 0.193 e. The Bertz CT molecular complexity index is 306. The first-order chi connectivity index (χ1) is 9.92. The highest BCUT2D eigenvalue weighted by Gasteiger charge is 2.15. The van der Waals surface area contributed by atoms with E-state index in [1.165, 1.54) is 19.3 Å². The highest BCUT2D eigenvalue weighted by molar-refractivity contribution is 5.79. The van der Waals surface area contributed by atoms with Gasteiger partial charge in [0.25, 0.3) is 0 Å². The number of aliphatic imine (C=N–C) groups is 1. The maximum atomic E-state index is 5.41. The summed E-state index contributed by atoms with van der Waals surface area (Å²) in [4.78, 5) is 6.59. The number of guanidine groups is 1. The van der Waals surface area contributed by atoms with Crippen LogP contribution in [0.2, 0.25) is 0 Å². The summed E-state index contributed by atoms with van der Waals surface area (Å²) in [6, 6.07) is 0. The van der Waals surface area contributed by atoms with Crippen molar-refractivity contribution in [1.82, 2.24) is 15.5 Å². The molecule has 1 saturated heterocycles. The van der Waals surface area contributed by atoms with E-state index in [-0.39, 0.29) is 5.54 Å². The van der Waals surface area contributed by atoms with E-state index >= 15 is 0 Å². The fourth-order valence-corrected chi connectivity index (χ4v) is 2.51. The monoisotopic (exact) mass is 298 g/mol. The Kier molecular flexibility index (Phi) is 8.04. The third kappa shape index (κ3) is 8.27. The van der Waals surface area contributed by atoms with Gasteiger partial charge in [0, 0.05) is 52.5 Å². The number of hydrogen-bond acceptors (Lipinski definition) is 3. The van der Waals surface area contributed by atoms with Crippen LogP contribution in [0.25, 0.3) is 0 Å². The number of nitrogens with one attached hydrogen (secondary N) is 2. The van der Waals surface area contributed by atoms with E-state index in [4.69, 9.17) is 4.74 Å². The first-order valence-corrected chi connectivity index (χ1v) is 8.17. The van der Waals surface area contributed by atoms with Crippen LogP contribution < -0.4 is 10.6 Å². The van der Waals surface area contributed by atoms with Crippen LogP contribution in [0.5, 0.6) is 0 Å². The minimum absolute atomic E-state index is 0.167. The van der Waals surface area contributed by atoms with Gasteiger partial charge >= 0.3 is 0 Å². The standard InChI is InChI=1S/C16H34N4O/c1-16(2,3)19-10-9-18-15(17-4)20(5)11-6-14-7-12-21-13-8-14/h14,19H,6-13H2,1-5H3,(H,17,18). The maximum Gasteiger partial charge on any atom is 0.193 e. The Morgan fingerprint density at radius 3 is 2.48 bits per heavy atom. The Hall–Kier alpha value is -0.810. The second-order valence-electron chi connectivity index (χ2n) is 6.92. The van der Waals surface area contributed by atoms with E-state index in [2.05, 4.69) is 48.3 Å². The predicted octanol–water partition coefficient (Wildman–Crippen LogP) is 1.70. The Morgan fingerprint density at radius 1 is 1.24 bits per heavy atom. The van der Waals surface area contributed by atoms with Crippen molar-refractivity contribution in [2.45, 2.75) is 45.6 Å². The van der Waals surface area contributed by atoms with Crippen LogP contribution in [-0.2, 0) is 4.74 Å². The molecule has 0 saturated carbocycles. The minimum Gasteiger partial charge on any atom is -0.381 e. The van der Waals surface area contributed by atoms with E-state index in [0.29, 0.717) is 0 Å². The number of rotatable bonds is 6.